The predicted octanol–water partition coefficient (Wildman–Crippen LogP) is 5.40. The molecule has 19 heavy (non-hydrogen) atoms. The van der Waals surface area contributed by atoms with E-state index in [1.165, 1.54) is 11.3 Å². The van der Waals surface area contributed by atoms with Crippen LogP contribution in [-0.4, -0.2) is 7.05 Å². The third-order valence-electron chi connectivity index (χ3n) is 2.59. The molecule has 1 aromatic carbocycles. The molecule has 7 heteroatoms. The lowest BCUT2D eigenvalue weighted by Gasteiger charge is -2.16. The minimum absolute atomic E-state index is 0.190. The summed E-state index contributed by atoms with van der Waals surface area (Å²) in [6.07, 6.45) is 0. The molecule has 0 bridgehead atoms. The van der Waals surface area contributed by atoms with Crippen LogP contribution in [0.25, 0.3) is 0 Å². The van der Waals surface area contributed by atoms with Crippen LogP contribution in [0.4, 0.5) is 8.78 Å². The first-order chi connectivity index (χ1) is 8.93. The van der Waals surface area contributed by atoms with E-state index in [2.05, 4.69) is 21.2 Å². The highest BCUT2D eigenvalue weighted by Crippen LogP contribution is 2.38. The Morgan fingerprint density at radius 3 is 2.42 bits per heavy atom. The maximum Gasteiger partial charge on any atom is 0.142 e. The van der Waals surface area contributed by atoms with Crippen molar-refractivity contribution in [3.63, 3.8) is 0 Å². The van der Waals surface area contributed by atoms with Crippen LogP contribution in [0.1, 0.15) is 16.5 Å². The van der Waals surface area contributed by atoms with E-state index in [1.54, 1.807) is 13.1 Å². The normalized spacial score (nSPS) is 12.7. The Morgan fingerprint density at radius 1 is 1.21 bits per heavy atom. The Morgan fingerprint density at radius 2 is 1.89 bits per heavy atom. The Labute approximate surface area is 131 Å². The molecule has 1 atom stereocenters. The van der Waals surface area contributed by atoms with Crippen molar-refractivity contribution in [1.29, 1.82) is 0 Å². The van der Waals surface area contributed by atoms with Crippen LogP contribution >= 0.6 is 50.5 Å². The second-order valence-corrected chi connectivity index (χ2v) is 6.73. The van der Waals surface area contributed by atoms with Crippen molar-refractivity contribution in [3.8, 4) is 0 Å². The van der Waals surface area contributed by atoms with Crippen molar-refractivity contribution in [2.75, 3.05) is 7.05 Å². The molecule has 0 fully saturated rings. The number of halogens is 5. The smallest absolute Gasteiger partial charge is 0.142 e. The summed E-state index contributed by atoms with van der Waals surface area (Å²) in [4.78, 5) is 0.778. The van der Waals surface area contributed by atoms with Gasteiger partial charge < -0.3 is 5.32 Å². The summed E-state index contributed by atoms with van der Waals surface area (Å²) in [6, 6.07) is 3.36. The van der Waals surface area contributed by atoms with Crippen molar-refractivity contribution in [1.82, 2.24) is 5.32 Å². The van der Waals surface area contributed by atoms with Crippen molar-refractivity contribution in [2.24, 2.45) is 0 Å². The summed E-state index contributed by atoms with van der Waals surface area (Å²) < 4.78 is 28.7. The predicted molar refractivity (Wildman–Crippen MR) is 79.3 cm³/mol. The monoisotopic (exact) mass is 385 g/mol. The number of benzene rings is 1. The fourth-order valence-corrected chi connectivity index (χ4v) is 3.73. The van der Waals surface area contributed by atoms with E-state index in [9.17, 15) is 8.78 Å². The molecule has 0 aliphatic rings. The number of nitrogens with one attached hydrogen (secondary N) is 1. The lowest BCUT2D eigenvalue weighted by atomic mass is 10.0. The summed E-state index contributed by atoms with van der Waals surface area (Å²) in [5.74, 6) is -1.22. The molecular formula is C12H8BrCl2F2NS. The highest BCUT2D eigenvalue weighted by molar-refractivity contribution is 9.10. The maximum absolute atomic E-state index is 13.9. The van der Waals surface area contributed by atoms with Gasteiger partial charge in [-0.15, -0.1) is 11.3 Å². The van der Waals surface area contributed by atoms with Crippen LogP contribution in [0.15, 0.2) is 22.7 Å². The van der Waals surface area contributed by atoms with Gasteiger partial charge in [0.1, 0.15) is 16.0 Å². The van der Waals surface area contributed by atoms with E-state index in [0.29, 0.717) is 4.34 Å². The molecule has 1 nitrogen and oxygen atoms in total. The van der Waals surface area contributed by atoms with Gasteiger partial charge in [-0.25, -0.2) is 8.78 Å². The molecule has 2 rings (SSSR count). The topological polar surface area (TPSA) is 12.0 Å². The zero-order chi connectivity index (χ0) is 14.2. The van der Waals surface area contributed by atoms with Gasteiger partial charge in [-0.1, -0.05) is 23.2 Å². The van der Waals surface area contributed by atoms with Gasteiger partial charge in [0.25, 0.3) is 0 Å². The third kappa shape index (κ3) is 3.11. The van der Waals surface area contributed by atoms with Gasteiger partial charge in [-0.2, -0.15) is 0 Å². The van der Waals surface area contributed by atoms with E-state index in [4.69, 9.17) is 23.2 Å². The summed E-state index contributed by atoms with van der Waals surface area (Å²) >= 11 is 16.1. The summed E-state index contributed by atoms with van der Waals surface area (Å²) in [5, 5.41) is 2.71. The lowest BCUT2D eigenvalue weighted by molar-refractivity contribution is 0.561. The molecule has 0 aliphatic heterocycles. The second-order valence-electron chi connectivity index (χ2n) is 3.78. The van der Waals surface area contributed by atoms with E-state index in [0.717, 1.165) is 21.5 Å². The molecule has 0 spiro atoms. The maximum atomic E-state index is 13.9. The third-order valence-corrected chi connectivity index (χ3v) is 5.42. The molecule has 1 heterocycles. The largest absolute Gasteiger partial charge is 0.309 e. The Balaban J connectivity index is 2.50. The quantitative estimate of drug-likeness (QED) is 0.696. The van der Waals surface area contributed by atoms with Crippen molar-refractivity contribution < 1.29 is 8.78 Å². The summed E-state index contributed by atoms with van der Waals surface area (Å²) in [6.45, 7) is 0. The van der Waals surface area contributed by atoms with Crippen LogP contribution in [0, 0.1) is 11.6 Å². The molecule has 1 N–H and O–H groups in total. The lowest BCUT2D eigenvalue weighted by Crippen LogP contribution is -2.18. The van der Waals surface area contributed by atoms with E-state index in [-0.39, 0.29) is 10.6 Å². The Bertz CT molecular complexity index is 599. The van der Waals surface area contributed by atoms with Crippen molar-refractivity contribution >= 4 is 50.5 Å². The van der Waals surface area contributed by atoms with Gasteiger partial charge in [0.15, 0.2) is 0 Å². The molecule has 2 aromatic rings. The van der Waals surface area contributed by atoms with Crippen LogP contribution in [-0.2, 0) is 0 Å². The first kappa shape index (κ1) is 15.2. The molecule has 102 valence electrons. The van der Waals surface area contributed by atoms with Crippen LogP contribution in [0.5, 0.6) is 0 Å². The number of hydrogen-bond acceptors (Lipinski definition) is 2. The molecule has 0 radical (unpaired) electrons. The number of hydrogen-bond donors (Lipinski definition) is 1. The van der Waals surface area contributed by atoms with Crippen molar-refractivity contribution in [3.05, 3.63) is 54.1 Å². The minimum atomic E-state index is -0.653. The van der Waals surface area contributed by atoms with Gasteiger partial charge in [0.2, 0.25) is 0 Å². The van der Waals surface area contributed by atoms with E-state index < -0.39 is 17.7 Å². The zero-order valence-corrected chi connectivity index (χ0v) is 13.5. The molecule has 0 saturated carbocycles. The van der Waals surface area contributed by atoms with Crippen molar-refractivity contribution in [2.45, 2.75) is 6.04 Å². The average Bonchev–Trinajstić information content (AvgIpc) is 2.67. The van der Waals surface area contributed by atoms with E-state index in [1.807, 2.05) is 0 Å². The SMILES string of the molecule is CNC(c1cc(Br)c(Cl)s1)c1cc(F)c(Cl)cc1F. The highest BCUT2D eigenvalue weighted by atomic mass is 79.9. The zero-order valence-electron chi connectivity index (χ0n) is 9.61. The van der Waals surface area contributed by atoms with Gasteiger partial charge in [-0.05, 0) is 41.2 Å². The van der Waals surface area contributed by atoms with Crippen LogP contribution in [0.2, 0.25) is 9.36 Å². The van der Waals surface area contributed by atoms with Gasteiger partial charge in [0.05, 0.1) is 11.1 Å². The molecule has 0 saturated heterocycles. The molecule has 0 aliphatic carbocycles. The number of thiophene rings is 1. The van der Waals surface area contributed by atoms with Crippen LogP contribution in [0.3, 0.4) is 0 Å². The fraction of sp³-hybridized carbons (Fsp3) is 0.167. The summed E-state index contributed by atoms with van der Waals surface area (Å²) in [5.41, 5.74) is 0.190. The fourth-order valence-electron chi connectivity index (χ4n) is 1.72. The average molecular weight is 387 g/mol. The van der Waals surface area contributed by atoms with Gasteiger partial charge in [0, 0.05) is 14.9 Å². The van der Waals surface area contributed by atoms with Gasteiger partial charge in [-0.3, -0.25) is 0 Å². The Hall–Kier alpha value is -0.200. The second kappa shape index (κ2) is 6.06. The van der Waals surface area contributed by atoms with Gasteiger partial charge >= 0.3 is 0 Å². The molecule has 0 amide bonds. The molecule has 1 aromatic heterocycles. The number of rotatable bonds is 3. The minimum Gasteiger partial charge on any atom is -0.309 e. The first-order valence-electron chi connectivity index (χ1n) is 5.20. The Kier molecular flexibility index (Phi) is 4.84. The first-order valence-corrected chi connectivity index (χ1v) is 7.57. The summed E-state index contributed by atoms with van der Waals surface area (Å²) in [7, 11) is 1.66. The molecular weight excluding hydrogens is 379 g/mol. The van der Waals surface area contributed by atoms with E-state index >= 15 is 0 Å². The molecule has 1 unspecified atom stereocenters. The standard InChI is InChI=1S/C12H8BrCl2F2NS/c1-18-11(10-3-6(13)12(15)19-10)5-2-9(17)7(14)4-8(5)16/h2-4,11,18H,1H3. The highest BCUT2D eigenvalue weighted by Gasteiger charge is 2.21. The van der Waals surface area contributed by atoms with Crippen LogP contribution < -0.4 is 5.32 Å².